The zero-order valence-electron chi connectivity index (χ0n) is 20.6. The third-order valence-corrected chi connectivity index (χ3v) is 6.78. The van der Waals surface area contributed by atoms with Crippen LogP contribution in [-0.4, -0.2) is 16.0 Å². The molecule has 0 unspecified atom stereocenters. The Bertz CT molecular complexity index is 1210. The molecule has 1 aliphatic rings. The first-order valence-electron chi connectivity index (χ1n) is 12.6. The molecule has 35 heavy (non-hydrogen) atoms. The summed E-state index contributed by atoms with van der Waals surface area (Å²) >= 11 is 0. The average molecular weight is 472 g/mol. The van der Waals surface area contributed by atoms with Gasteiger partial charge in [0.05, 0.1) is 11.5 Å². The summed E-state index contributed by atoms with van der Waals surface area (Å²) in [7, 11) is 0. The Morgan fingerprint density at radius 1 is 0.971 bits per heavy atom. The van der Waals surface area contributed by atoms with E-state index in [-0.39, 0.29) is 11.9 Å². The molecular formula is C31H34FNO2. The molecule has 1 aromatic heterocycles. The number of halogens is 1. The summed E-state index contributed by atoms with van der Waals surface area (Å²) in [6.07, 6.45) is 12.0. The number of nitrogens with zero attached hydrogens (tertiary/aromatic N) is 1. The summed E-state index contributed by atoms with van der Waals surface area (Å²) < 4.78 is 15.8. The lowest BCUT2D eigenvalue weighted by molar-refractivity contribution is 0.111. The minimum atomic E-state index is -0.286. The highest BCUT2D eigenvalue weighted by Gasteiger charge is 2.24. The van der Waals surface area contributed by atoms with Gasteiger partial charge in [0.25, 0.3) is 0 Å². The molecule has 1 N–H and O–H groups in total. The van der Waals surface area contributed by atoms with Gasteiger partial charge in [0.1, 0.15) is 5.82 Å². The molecule has 0 aliphatic heterocycles. The number of rotatable bonds is 10. The van der Waals surface area contributed by atoms with Crippen LogP contribution in [0.5, 0.6) is 0 Å². The fourth-order valence-corrected chi connectivity index (χ4v) is 4.84. The van der Waals surface area contributed by atoms with Crippen molar-refractivity contribution in [1.82, 2.24) is 4.57 Å². The standard InChI is InChI=1S/C31H34FNO2/c1-22(2)33-27(15-8-3-4-9-16-29(35)23-13-10-14-23)30(25-17-19-26(32)20-18-25)31(28(33)21-34)24-11-6-5-7-12-24/h5-8,11-12,15,17-22,35H,3-4,9-10,13-14,16H2,1-2H3/b15-8+. The first-order chi connectivity index (χ1) is 17.0. The van der Waals surface area contributed by atoms with Crippen LogP contribution >= 0.6 is 0 Å². The molecule has 3 nitrogen and oxygen atoms in total. The number of aliphatic hydroxyl groups excluding tert-OH is 1. The lowest BCUT2D eigenvalue weighted by Gasteiger charge is -2.18. The van der Waals surface area contributed by atoms with Crippen molar-refractivity contribution in [2.45, 2.75) is 64.8 Å². The molecule has 1 fully saturated rings. The van der Waals surface area contributed by atoms with Crippen molar-refractivity contribution >= 4 is 12.4 Å². The number of unbranched alkanes of at least 4 members (excludes halogenated alkanes) is 2. The lowest BCUT2D eigenvalue weighted by Crippen LogP contribution is -2.07. The van der Waals surface area contributed by atoms with Crippen molar-refractivity contribution in [3.8, 4) is 22.3 Å². The summed E-state index contributed by atoms with van der Waals surface area (Å²) in [4.78, 5) is 12.4. The number of aliphatic hydroxyl groups is 1. The summed E-state index contributed by atoms with van der Waals surface area (Å²) in [5.41, 5.74) is 6.46. The normalized spacial score (nSPS) is 13.4. The van der Waals surface area contributed by atoms with Crippen LogP contribution in [0.4, 0.5) is 4.39 Å². The molecule has 0 radical (unpaired) electrons. The third kappa shape index (κ3) is 5.48. The van der Waals surface area contributed by atoms with Crippen molar-refractivity contribution in [2.24, 2.45) is 0 Å². The smallest absolute Gasteiger partial charge is 0.167 e. The van der Waals surface area contributed by atoms with Crippen molar-refractivity contribution in [2.75, 3.05) is 0 Å². The number of hydrogen-bond acceptors (Lipinski definition) is 2. The van der Waals surface area contributed by atoms with Gasteiger partial charge in [-0.05, 0) is 87.3 Å². The lowest BCUT2D eigenvalue weighted by atomic mass is 9.90. The minimum Gasteiger partial charge on any atom is -0.512 e. The maximum absolute atomic E-state index is 13.8. The van der Waals surface area contributed by atoms with Gasteiger partial charge in [-0.1, -0.05) is 48.5 Å². The summed E-state index contributed by atoms with van der Waals surface area (Å²) in [6.45, 7) is 4.15. The Balaban J connectivity index is 1.70. The molecule has 4 heteroatoms. The van der Waals surface area contributed by atoms with E-state index in [1.54, 1.807) is 12.1 Å². The maximum Gasteiger partial charge on any atom is 0.167 e. The molecule has 1 saturated carbocycles. The van der Waals surface area contributed by atoms with Gasteiger partial charge in [-0.15, -0.1) is 0 Å². The number of aldehydes is 1. The van der Waals surface area contributed by atoms with E-state index in [4.69, 9.17) is 0 Å². The van der Waals surface area contributed by atoms with Gasteiger partial charge < -0.3 is 9.67 Å². The Labute approximate surface area is 207 Å². The van der Waals surface area contributed by atoms with Crippen molar-refractivity contribution < 1.29 is 14.3 Å². The predicted octanol–water partition coefficient (Wildman–Crippen LogP) is 8.92. The van der Waals surface area contributed by atoms with Crippen molar-refractivity contribution in [3.05, 3.63) is 89.2 Å². The summed E-state index contributed by atoms with van der Waals surface area (Å²) in [6, 6.07) is 16.5. The highest BCUT2D eigenvalue weighted by molar-refractivity contribution is 5.99. The van der Waals surface area contributed by atoms with E-state index in [1.807, 2.05) is 30.3 Å². The molecule has 4 rings (SSSR count). The third-order valence-electron chi connectivity index (χ3n) is 6.78. The number of allylic oxidation sites excluding steroid dienone is 3. The van der Waals surface area contributed by atoms with Crippen LogP contribution in [0.15, 0.2) is 72.0 Å². The zero-order valence-corrected chi connectivity index (χ0v) is 20.6. The van der Waals surface area contributed by atoms with Crippen molar-refractivity contribution in [1.29, 1.82) is 0 Å². The Kier molecular flexibility index (Phi) is 8.02. The molecule has 3 aromatic rings. The molecule has 2 aromatic carbocycles. The maximum atomic E-state index is 13.8. The van der Waals surface area contributed by atoms with Crippen LogP contribution < -0.4 is 0 Å². The number of hydrogen-bond donors (Lipinski definition) is 1. The van der Waals surface area contributed by atoms with E-state index in [9.17, 15) is 14.3 Å². The topological polar surface area (TPSA) is 42.2 Å². The fourth-order valence-electron chi connectivity index (χ4n) is 4.84. The van der Waals surface area contributed by atoms with Gasteiger partial charge in [0.15, 0.2) is 6.29 Å². The van der Waals surface area contributed by atoms with Gasteiger partial charge >= 0.3 is 0 Å². The quantitative estimate of drug-likeness (QED) is 0.182. The second kappa shape index (κ2) is 11.4. The molecule has 0 bridgehead atoms. The molecule has 0 amide bonds. The molecular weight excluding hydrogens is 437 g/mol. The number of carbonyl (C=O) groups is 1. The molecule has 0 atom stereocenters. The highest BCUT2D eigenvalue weighted by Crippen LogP contribution is 2.41. The van der Waals surface area contributed by atoms with Crippen LogP contribution in [0, 0.1) is 5.82 Å². The average Bonchev–Trinajstić information content (AvgIpc) is 3.15. The van der Waals surface area contributed by atoms with Crippen LogP contribution in [0.1, 0.15) is 81.0 Å². The van der Waals surface area contributed by atoms with Gasteiger partial charge in [-0.3, -0.25) is 4.79 Å². The number of benzene rings is 2. The van der Waals surface area contributed by atoms with E-state index in [2.05, 4.69) is 30.6 Å². The first-order valence-corrected chi connectivity index (χ1v) is 12.6. The van der Waals surface area contributed by atoms with E-state index in [0.29, 0.717) is 11.5 Å². The van der Waals surface area contributed by atoms with E-state index in [1.165, 1.54) is 24.1 Å². The predicted molar refractivity (Wildman–Crippen MR) is 142 cm³/mol. The van der Waals surface area contributed by atoms with Gasteiger partial charge in [-0.2, -0.15) is 0 Å². The Hall–Kier alpha value is -3.40. The van der Waals surface area contributed by atoms with E-state index < -0.39 is 0 Å². The molecule has 182 valence electrons. The summed E-state index contributed by atoms with van der Waals surface area (Å²) in [5.74, 6) is 0.307. The van der Waals surface area contributed by atoms with Gasteiger partial charge in [0.2, 0.25) is 0 Å². The highest BCUT2D eigenvalue weighted by atomic mass is 19.1. The van der Waals surface area contributed by atoms with Crippen molar-refractivity contribution in [3.63, 3.8) is 0 Å². The zero-order chi connectivity index (χ0) is 24.8. The minimum absolute atomic E-state index is 0.0672. The van der Waals surface area contributed by atoms with Crippen LogP contribution in [0.25, 0.3) is 28.3 Å². The van der Waals surface area contributed by atoms with Crippen LogP contribution in [0.2, 0.25) is 0 Å². The molecule has 0 saturated heterocycles. The molecule has 1 aliphatic carbocycles. The summed E-state index contributed by atoms with van der Waals surface area (Å²) in [5, 5.41) is 10.2. The number of aromatic nitrogens is 1. The molecule has 0 spiro atoms. The second-order valence-electron chi connectivity index (χ2n) is 9.53. The molecule has 1 heterocycles. The largest absolute Gasteiger partial charge is 0.512 e. The second-order valence-corrected chi connectivity index (χ2v) is 9.53. The Morgan fingerprint density at radius 3 is 2.23 bits per heavy atom. The SMILES string of the molecule is CC(C)n1c(C=O)c(-c2ccccc2)c(-c2ccc(F)cc2)c1/C=C/CCCCC(O)=C1CCC1. The fraction of sp³-hybridized carbons (Fsp3) is 0.323. The number of carbonyl (C=O) groups excluding carboxylic acids is 1. The van der Waals surface area contributed by atoms with Gasteiger partial charge in [0, 0.05) is 29.3 Å². The van der Waals surface area contributed by atoms with Crippen LogP contribution in [-0.2, 0) is 0 Å². The van der Waals surface area contributed by atoms with E-state index in [0.717, 1.165) is 72.8 Å². The van der Waals surface area contributed by atoms with Crippen LogP contribution in [0.3, 0.4) is 0 Å². The van der Waals surface area contributed by atoms with Gasteiger partial charge in [-0.25, -0.2) is 4.39 Å². The monoisotopic (exact) mass is 471 g/mol. The van der Waals surface area contributed by atoms with E-state index >= 15 is 0 Å². The first kappa shape index (κ1) is 24.7. The Morgan fingerprint density at radius 2 is 1.63 bits per heavy atom.